The summed E-state index contributed by atoms with van der Waals surface area (Å²) in [4.78, 5) is 0. The molecule has 1 aliphatic heterocycles. The molecule has 0 bridgehead atoms. The summed E-state index contributed by atoms with van der Waals surface area (Å²) in [6.45, 7) is 32.7. The van der Waals surface area contributed by atoms with Crippen LogP contribution in [-0.2, 0) is 0 Å². The molecule has 1 fully saturated rings. The van der Waals surface area contributed by atoms with Crippen LogP contribution < -0.4 is 0 Å². The third-order valence-corrected chi connectivity index (χ3v) is 47.6. The van der Waals surface area contributed by atoms with E-state index in [-0.39, 0.29) is 0 Å². The van der Waals surface area contributed by atoms with Crippen LogP contribution in [0.25, 0.3) is 0 Å². The Bertz CT molecular complexity index is 350. The van der Waals surface area contributed by atoms with Gasteiger partial charge in [-0.05, 0) is 0 Å². The zero-order chi connectivity index (χ0) is 18.0. The Morgan fingerprint density at radius 1 is 0.500 bits per heavy atom. The standard InChI is InChI=1S/C16H40Si4.CH3.Al/c1-17(2,3)15(18(4,5)6)13-14-16(19(7,8)9)20(10,11)12;;/h13-14H2,1-12H3;1H3;. The fourth-order valence-electron chi connectivity index (χ4n) is 7.60. The predicted molar refractivity (Wildman–Crippen MR) is 120 cm³/mol. The zero-order valence-electron chi connectivity index (χ0n) is 18.0. The minimum absolute atomic E-state index is 0.804. The maximum absolute atomic E-state index is 2.86. The van der Waals surface area contributed by atoms with Gasteiger partial charge in [-0.3, -0.25) is 0 Å². The van der Waals surface area contributed by atoms with Gasteiger partial charge in [0.1, 0.15) is 0 Å². The first kappa shape index (κ1) is 21.4. The molecule has 0 aromatic rings. The van der Waals surface area contributed by atoms with Crippen molar-refractivity contribution in [3.8, 4) is 0 Å². The summed E-state index contributed by atoms with van der Waals surface area (Å²) in [5, 5.41) is 0. The van der Waals surface area contributed by atoms with E-state index in [9.17, 15) is 0 Å². The topological polar surface area (TPSA) is 0 Å². The lowest BCUT2D eigenvalue weighted by Gasteiger charge is -2.58. The average Bonchev–Trinajstić information content (AvgIpc) is 2.49. The summed E-state index contributed by atoms with van der Waals surface area (Å²) in [5.74, 6) is 2.86. The molecule has 0 saturated carbocycles. The molecule has 22 heavy (non-hydrogen) atoms. The molecule has 0 spiro atoms. The predicted octanol–water partition coefficient (Wildman–Crippen LogP) is 6.90. The van der Waals surface area contributed by atoms with Gasteiger partial charge in [-0.2, -0.15) is 0 Å². The van der Waals surface area contributed by atoms with Crippen molar-refractivity contribution >= 4 is 46.4 Å². The molecule has 0 radical (unpaired) electrons. The highest BCUT2D eigenvalue weighted by atomic mass is 28.4. The second-order valence-electron chi connectivity index (χ2n) is 12.2. The van der Waals surface area contributed by atoms with Crippen molar-refractivity contribution in [1.29, 1.82) is 0 Å². The second kappa shape index (κ2) is 5.71. The van der Waals surface area contributed by atoms with Crippen molar-refractivity contribution in [2.24, 2.45) is 0 Å². The molecule has 0 aromatic carbocycles. The summed E-state index contributed by atoms with van der Waals surface area (Å²) >= 11 is -0.804. The first-order valence-corrected chi connectivity index (χ1v) is 25.7. The molecule has 0 amide bonds. The molecular formula is C17H43AlSi4. The van der Waals surface area contributed by atoms with Gasteiger partial charge in [0.2, 0.25) is 0 Å². The monoisotopic (exact) mass is 386 g/mol. The zero-order valence-corrected chi connectivity index (χ0v) is 23.1. The number of rotatable bonds is 4. The summed E-state index contributed by atoms with van der Waals surface area (Å²) in [6.07, 6.45) is 3.22. The van der Waals surface area contributed by atoms with E-state index < -0.39 is 46.4 Å². The van der Waals surface area contributed by atoms with Crippen molar-refractivity contribution in [3.63, 3.8) is 0 Å². The minimum atomic E-state index is -1.15. The molecule has 1 aliphatic rings. The Hall–Kier alpha value is 1.40. The maximum Gasteiger partial charge on any atom is 0.261 e. The van der Waals surface area contributed by atoms with E-state index >= 15 is 0 Å². The van der Waals surface area contributed by atoms with Gasteiger partial charge in [0.15, 0.2) is 0 Å². The van der Waals surface area contributed by atoms with Gasteiger partial charge in [-0.15, -0.1) is 5.79 Å². The van der Waals surface area contributed by atoms with Crippen LogP contribution in [-0.4, -0.2) is 46.4 Å². The minimum Gasteiger partial charge on any atom is -0.106 e. The highest BCUT2D eigenvalue weighted by molar-refractivity contribution is 7.20. The van der Waals surface area contributed by atoms with Gasteiger partial charge in [0.25, 0.3) is 14.1 Å². The van der Waals surface area contributed by atoms with Crippen LogP contribution in [0.4, 0.5) is 0 Å². The highest BCUT2D eigenvalue weighted by Crippen LogP contribution is 2.70. The van der Waals surface area contributed by atoms with Gasteiger partial charge in [-0.1, -0.05) is 98.5 Å². The molecule has 0 atom stereocenters. The van der Waals surface area contributed by atoms with Crippen LogP contribution in [0.15, 0.2) is 0 Å². The molecule has 130 valence electrons. The normalized spacial score (nSPS) is 23.0. The molecule has 5 heteroatoms. The Morgan fingerprint density at radius 3 is 0.773 bits per heavy atom. The van der Waals surface area contributed by atoms with Crippen LogP contribution in [0, 0.1) is 0 Å². The molecule has 0 unspecified atom stereocenters. The van der Waals surface area contributed by atoms with Gasteiger partial charge in [-0.25, -0.2) is 0 Å². The van der Waals surface area contributed by atoms with E-state index in [4.69, 9.17) is 0 Å². The lowest BCUT2D eigenvalue weighted by molar-refractivity contribution is 0.763. The van der Waals surface area contributed by atoms with Crippen LogP contribution in [0.2, 0.25) is 91.4 Å². The smallest absolute Gasteiger partial charge is 0.106 e. The van der Waals surface area contributed by atoms with Crippen molar-refractivity contribution in [2.75, 3.05) is 0 Å². The maximum atomic E-state index is 2.86. The van der Waals surface area contributed by atoms with E-state index in [0.29, 0.717) is 0 Å². The van der Waals surface area contributed by atoms with Crippen molar-refractivity contribution in [3.05, 3.63) is 0 Å². The molecule has 1 saturated heterocycles. The quantitative estimate of drug-likeness (QED) is 0.461. The van der Waals surface area contributed by atoms with Crippen LogP contribution in [0.5, 0.6) is 0 Å². The Morgan fingerprint density at radius 2 is 0.682 bits per heavy atom. The van der Waals surface area contributed by atoms with Crippen LogP contribution >= 0.6 is 0 Å². The third kappa shape index (κ3) is 2.80. The Kier molecular flexibility index (Phi) is 5.56. The van der Waals surface area contributed by atoms with Gasteiger partial charge >= 0.3 is 0 Å². The number of hydrogen-bond donors (Lipinski definition) is 0. The van der Waals surface area contributed by atoms with Gasteiger partial charge < -0.3 is 0 Å². The SMILES string of the molecule is [CH3][Al]1[C]([Si](C)(C)C)([Si](C)(C)C)CC[C]1([Si](C)(C)C)[Si](C)(C)C. The van der Waals surface area contributed by atoms with E-state index in [0.717, 1.165) is 7.05 Å². The van der Waals surface area contributed by atoms with Gasteiger partial charge in [0.05, 0.1) is 0 Å². The van der Waals surface area contributed by atoms with E-state index in [2.05, 4.69) is 84.3 Å². The second-order valence-corrected chi connectivity index (χ2v) is 40.5. The molecule has 0 N–H and O–H groups in total. The third-order valence-electron chi connectivity index (χ3n) is 7.75. The fourth-order valence-corrected chi connectivity index (χ4v) is 56.6. The average molecular weight is 387 g/mol. The van der Waals surface area contributed by atoms with Crippen LogP contribution in [0.3, 0.4) is 0 Å². The lowest BCUT2D eigenvalue weighted by Crippen LogP contribution is -2.67. The van der Waals surface area contributed by atoms with Crippen molar-refractivity contribution < 1.29 is 0 Å². The number of hydrogen-bond acceptors (Lipinski definition) is 0. The van der Waals surface area contributed by atoms with Crippen molar-refractivity contribution in [2.45, 2.75) is 104 Å². The first-order valence-electron chi connectivity index (χ1n) is 9.36. The van der Waals surface area contributed by atoms with E-state index in [1.165, 1.54) is 0 Å². The molecule has 1 heterocycles. The molecule has 0 nitrogen and oxygen atoms in total. The van der Waals surface area contributed by atoms with Crippen LogP contribution in [0.1, 0.15) is 12.8 Å². The highest BCUT2D eigenvalue weighted by Gasteiger charge is 2.72. The summed E-state index contributed by atoms with van der Waals surface area (Å²) in [6, 6.07) is 0. The molecular weight excluding hydrogens is 344 g/mol. The molecule has 1 rings (SSSR count). The molecule has 0 aliphatic carbocycles. The Labute approximate surface area is 150 Å². The fraction of sp³-hybridized carbons (Fsp3) is 1.00. The largest absolute Gasteiger partial charge is 0.261 e. The Balaban J connectivity index is 3.68. The summed E-state index contributed by atoms with van der Waals surface area (Å²) in [7, 11) is -4.61. The van der Waals surface area contributed by atoms with E-state index in [1.54, 1.807) is 12.8 Å². The van der Waals surface area contributed by atoms with E-state index in [1.807, 2.05) is 0 Å². The summed E-state index contributed by atoms with van der Waals surface area (Å²) in [5.41, 5.74) is 0. The summed E-state index contributed by atoms with van der Waals surface area (Å²) < 4.78 is 1.72. The van der Waals surface area contributed by atoms with Gasteiger partial charge in [0, 0.05) is 32.3 Å². The lowest BCUT2D eigenvalue weighted by atomic mass is 10.4. The van der Waals surface area contributed by atoms with Crippen molar-refractivity contribution in [1.82, 2.24) is 0 Å². The molecule has 0 aromatic heterocycles. The first-order chi connectivity index (χ1) is 9.36.